The van der Waals surface area contributed by atoms with Gasteiger partial charge in [-0.3, -0.25) is 9.59 Å². The average Bonchev–Trinajstić information content (AvgIpc) is 3.55. The van der Waals surface area contributed by atoms with Crippen molar-refractivity contribution in [3.8, 4) is 5.75 Å². The normalized spacial score (nSPS) is 16.5. The van der Waals surface area contributed by atoms with Crippen LogP contribution in [0.3, 0.4) is 0 Å². The van der Waals surface area contributed by atoms with E-state index in [2.05, 4.69) is 41.8 Å². The number of carbonyl (C=O) groups excluding carboxylic acids is 2. The zero-order chi connectivity index (χ0) is 20.2. The predicted octanol–water partition coefficient (Wildman–Crippen LogP) is 4.31. The fourth-order valence-corrected chi connectivity index (χ4v) is 3.79. The van der Waals surface area contributed by atoms with Crippen LogP contribution in [0.4, 0.5) is 5.69 Å². The Morgan fingerprint density at radius 1 is 1.17 bits per heavy atom. The molecule has 0 aromatic heterocycles. The van der Waals surface area contributed by atoms with E-state index in [0.717, 1.165) is 23.4 Å². The summed E-state index contributed by atoms with van der Waals surface area (Å²) in [6, 6.07) is 14.3. The Morgan fingerprint density at radius 3 is 2.72 bits per heavy atom. The predicted molar refractivity (Wildman–Crippen MR) is 113 cm³/mol. The van der Waals surface area contributed by atoms with E-state index < -0.39 is 0 Å². The number of anilines is 1. The minimum atomic E-state index is 0.0623. The van der Waals surface area contributed by atoms with Crippen LogP contribution >= 0.6 is 0 Å². The van der Waals surface area contributed by atoms with E-state index in [9.17, 15) is 9.59 Å². The molecule has 1 aliphatic carbocycles. The number of nitrogens with one attached hydrogen (secondary N) is 2. The fourth-order valence-electron chi connectivity index (χ4n) is 3.79. The van der Waals surface area contributed by atoms with Gasteiger partial charge < -0.3 is 15.4 Å². The molecule has 0 saturated heterocycles. The molecule has 29 heavy (non-hydrogen) atoms. The van der Waals surface area contributed by atoms with Crippen molar-refractivity contribution < 1.29 is 14.3 Å². The van der Waals surface area contributed by atoms with Crippen LogP contribution in [0.1, 0.15) is 54.8 Å². The number of hydrogen-bond donors (Lipinski definition) is 2. The molecule has 5 heteroatoms. The molecule has 1 heterocycles. The van der Waals surface area contributed by atoms with Crippen molar-refractivity contribution in [3.63, 3.8) is 0 Å². The number of amides is 2. The Bertz CT molecular complexity index is 887. The van der Waals surface area contributed by atoms with Crippen LogP contribution in [0, 0.1) is 12.8 Å². The minimum Gasteiger partial charge on any atom is -0.494 e. The van der Waals surface area contributed by atoms with E-state index >= 15 is 0 Å². The van der Waals surface area contributed by atoms with Gasteiger partial charge in [0.05, 0.1) is 12.6 Å². The fraction of sp³-hybridized carbons (Fsp3) is 0.417. The zero-order valence-corrected chi connectivity index (χ0v) is 16.9. The van der Waals surface area contributed by atoms with Gasteiger partial charge in [0.25, 0.3) is 0 Å². The largest absolute Gasteiger partial charge is 0.494 e. The summed E-state index contributed by atoms with van der Waals surface area (Å²) in [5, 5.41) is 6.09. The monoisotopic (exact) mass is 392 g/mol. The molecule has 2 aromatic carbocycles. The van der Waals surface area contributed by atoms with E-state index in [0.29, 0.717) is 31.8 Å². The zero-order valence-electron chi connectivity index (χ0n) is 16.9. The molecule has 0 radical (unpaired) electrons. The van der Waals surface area contributed by atoms with Gasteiger partial charge in [0, 0.05) is 18.5 Å². The molecule has 4 rings (SSSR count). The highest BCUT2D eigenvalue weighted by Gasteiger charge is 2.33. The van der Waals surface area contributed by atoms with Crippen molar-refractivity contribution in [1.82, 2.24) is 5.32 Å². The summed E-state index contributed by atoms with van der Waals surface area (Å²) in [6.45, 7) is 2.57. The van der Waals surface area contributed by atoms with Crippen molar-refractivity contribution in [3.05, 3.63) is 59.2 Å². The van der Waals surface area contributed by atoms with Crippen LogP contribution in [0.5, 0.6) is 5.75 Å². The summed E-state index contributed by atoms with van der Waals surface area (Å²) in [5.41, 5.74) is 4.40. The molecule has 0 bridgehead atoms. The van der Waals surface area contributed by atoms with Gasteiger partial charge in [-0.25, -0.2) is 0 Å². The second-order valence-electron chi connectivity index (χ2n) is 8.11. The summed E-state index contributed by atoms with van der Waals surface area (Å²) in [5.74, 6) is 1.50. The van der Waals surface area contributed by atoms with Crippen molar-refractivity contribution in [2.75, 3.05) is 11.9 Å². The van der Waals surface area contributed by atoms with Crippen molar-refractivity contribution in [1.29, 1.82) is 0 Å². The number of hydrogen-bond acceptors (Lipinski definition) is 3. The van der Waals surface area contributed by atoms with Gasteiger partial charge >= 0.3 is 0 Å². The van der Waals surface area contributed by atoms with E-state index in [1.165, 1.54) is 24.0 Å². The topological polar surface area (TPSA) is 67.4 Å². The van der Waals surface area contributed by atoms with Gasteiger partial charge in [-0.1, -0.05) is 29.8 Å². The molecule has 1 atom stereocenters. The number of ether oxygens (including phenoxy) is 1. The molecular weight excluding hydrogens is 364 g/mol. The smallest absolute Gasteiger partial charge is 0.224 e. The van der Waals surface area contributed by atoms with Crippen LogP contribution in [-0.4, -0.2) is 18.4 Å². The molecular formula is C24H28N2O3. The highest BCUT2D eigenvalue weighted by atomic mass is 16.5. The van der Waals surface area contributed by atoms with Crippen LogP contribution in [0.2, 0.25) is 0 Å². The number of aryl methyl sites for hydroxylation is 2. The Hall–Kier alpha value is -2.82. The van der Waals surface area contributed by atoms with Gasteiger partial charge in [-0.05, 0) is 67.9 Å². The molecule has 2 aromatic rings. The lowest BCUT2D eigenvalue weighted by molar-refractivity contribution is -0.122. The minimum absolute atomic E-state index is 0.0623. The SMILES string of the molecule is Cc1ccc(C(NC(=O)CCCOc2ccc3c(c2)CCC(=O)N3)C2CC2)cc1. The third-order valence-corrected chi connectivity index (χ3v) is 5.64. The molecule has 1 unspecified atom stereocenters. The molecule has 2 aliphatic rings. The summed E-state index contributed by atoms with van der Waals surface area (Å²) in [7, 11) is 0. The molecule has 1 saturated carbocycles. The number of fused-ring (bicyclic) bond motifs is 1. The van der Waals surface area contributed by atoms with Crippen molar-refractivity contribution in [2.45, 2.75) is 51.5 Å². The highest BCUT2D eigenvalue weighted by Crippen LogP contribution is 2.41. The van der Waals surface area contributed by atoms with Crippen molar-refractivity contribution in [2.24, 2.45) is 5.92 Å². The first kappa shape index (κ1) is 19.5. The summed E-state index contributed by atoms with van der Waals surface area (Å²) in [6.07, 6.45) is 4.74. The molecule has 5 nitrogen and oxygen atoms in total. The van der Waals surface area contributed by atoms with E-state index in [4.69, 9.17) is 4.74 Å². The first-order chi connectivity index (χ1) is 14.1. The van der Waals surface area contributed by atoms with E-state index in [1.807, 2.05) is 18.2 Å². The summed E-state index contributed by atoms with van der Waals surface area (Å²) >= 11 is 0. The Kier molecular flexibility index (Phi) is 5.84. The van der Waals surface area contributed by atoms with E-state index in [1.54, 1.807) is 0 Å². The lowest BCUT2D eigenvalue weighted by atomic mass is 10.0. The van der Waals surface area contributed by atoms with Crippen LogP contribution in [0.25, 0.3) is 0 Å². The highest BCUT2D eigenvalue weighted by molar-refractivity contribution is 5.94. The third kappa shape index (κ3) is 5.17. The second kappa shape index (κ2) is 8.68. The lowest BCUT2D eigenvalue weighted by Gasteiger charge is -2.19. The average molecular weight is 392 g/mol. The summed E-state index contributed by atoms with van der Waals surface area (Å²) in [4.78, 5) is 23.9. The van der Waals surface area contributed by atoms with Crippen molar-refractivity contribution >= 4 is 17.5 Å². The number of rotatable bonds is 8. The Labute approximate surface area is 171 Å². The van der Waals surface area contributed by atoms with E-state index in [-0.39, 0.29) is 17.9 Å². The van der Waals surface area contributed by atoms with Gasteiger partial charge in [0.15, 0.2) is 0 Å². The van der Waals surface area contributed by atoms with Gasteiger partial charge in [0.2, 0.25) is 11.8 Å². The molecule has 1 fully saturated rings. The second-order valence-corrected chi connectivity index (χ2v) is 8.11. The van der Waals surface area contributed by atoms with Crippen LogP contribution < -0.4 is 15.4 Å². The quantitative estimate of drug-likeness (QED) is 0.658. The Morgan fingerprint density at radius 2 is 1.97 bits per heavy atom. The molecule has 1 aliphatic heterocycles. The standard InChI is InChI=1S/C24H28N2O3/c1-16-4-6-17(7-5-16)24(18-8-9-18)26-22(27)3-2-14-29-20-11-12-21-19(15-20)10-13-23(28)25-21/h4-7,11-12,15,18,24H,2-3,8-10,13-14H2,1H3,(H,25,28)(H,26,27). The van der Waals surface area contributed by atoms with Gasteiger partial charge in [-0.2, -0.15) is 0 Å². The first-order valence-electron chi connectivity index (χ1n) is 10.5. The van der Waals surface area contributed by atoms with Gasteiger partial charge in [0.1, 0.15) is 5.75 Å². The number of carbonyl (C=O) groups is 2. The Balaban J connectivity index is 1.23. The number of benzene rings is 2. The lowest BCUT2D eigenvalue weighted by Crippen LogP contribution is -2.30. The summed E-state index contributed by atoms with van der Waals surface area (Å²) < 4.78 is 5.82. The van der Waals surface area contributed by atoms with Gasteiger partial charge in [-0.15, -0.1) is 0 Å². The maximum absolute atomic E-state index is 12.5. The van der Waals surface area contributed by atoms with Crippen LogP contribution in [0.15, 0.2) is 42.5 Å². The maximum Gasteiger partial charge on any atom is 0.224 e. The molecule has 2 amide bonds. The maximum atomic E-state index is 12.5. The molecule has 152 valence electrons. The molecule has 0 spiro atoms. The van der Waals surface area contributed by atoms with Crippen LogP contribution in [-0.2, 0) is 16.0 Å². The molecule has 2 N–H and O–H groups in total. The third-order valence-electron chi connectivity index (χ3n) is 5.64. The first-order valence-corrected chi connectivity index (χ1v) is 10.5.